The predicted octanol–water partition coefficient (Wildman–Crippen LogP) is 5.87. The van der Waals surface area contributed by atoms with Crippen molar-refractivity contribution in [1.82, 2.24) is 0 Å². The van der Waals surface area contributed by atoms with E-state index >= 15 is 0 Å². The SMILES string of the molecule is COc1cccc2c1OC[C@H]1[C@H](c3ccccc3)c3c(c(=O)oc4ccc(Br)cc34)N[C@H]21. The van der Waals surface area contributed by atoms with Crippen molar-refractivity contribution in [2.75, 3.05) is 19.0 Å². The molecule has 32 heavy (non-hydrogen) atoms. The van der Waals surface area contributed by atoms with Crippen molar-refractivity contribution in [3.05, 3.63) is 98.3 Å². The first-order valence-corrected chi connectivity index (χ1v) is 11.3. The molecule has 3 heterocycles. The van der Waals surface area contributed by atoms with E-state index in [4.69, 9.17) is 13.9 Å². The van der Waals surface area contributed by atoms with Crippen molar-refractivity contribution in [2.24, 2.45) is 5.92 Å². The lowest BCUT2D eigenvalue weighted by molar-refractivity contribution is 0.176. The molecule has 0 spiro atoms. The molecule has 4 aromatic rings. The number of benzene rings is 3. The van der Waals surface area contributed by atoms with E-state index in [0.717, 1.165) is 32.3 Å². The van der Waals surface area contributed by atoms with Gasteiger partial charge in [0, 0.05) is 32.8 Å². The number of ether oxygens (including phenoxy) is 2. The Labute approximate surface area is 193 Å². The number of nitrogens with one attached hydrogen (secondary N) is 1. The van der Waals surface area contributed by atoms with Gasteiger partial charge >= 0.3 is 5.63 Å². The molecule has 6 rings (SSSR count). The highest BCUT2D eigenvalue weighted by molar-refractivity contribution is 9.10. The molecule has 0 amide bonds. The minimum Gasteiger partial charge on any atom is -0.493 e. The van der Waals surface area contributed by atoms with E-state index < -0.39 is 0 Å². The van der Waals surface area contributed by atoms with Gasteiger partial charge in [-0.05, 0) is 29.8 Å². The zero-order chi connectivity index (χ0) is 21.8. The van der Waals surface area contributed by atoms with Gasteiger partial charge in [0.25, 0.3) is 0 Å². The summed E-state index contributed by atoms with van der Waals surface area (Å²) in [5.41, 5.74) is 3.83. The molecule has 1 N–H and O–H groups in total. The van der Waals surface area contributed by atoms with E-state index in [-0.39, 0.29) is 23.5 Å². The number of hydrogen-bond donors (Lipinski definition) is 1. The Bertz CT molecular complexity index is 1400. The zero-order valence-electron chi connectivity index (χ0n) is 17.3. The molecule has 0 bridgehead atoms. The third kappa shape index (κ3) is 2.86. The fraction of sp³-hybridized carbons (Fsp3) is 0.192. The summed E-state index contributed by atoms with van der Waals surface area (Å²) in [4.78, 5) is 13.2. The number of hydrogen-bond acceptors (Lipinski definition) is 5. The van der Waals surface area contributed by atoms with Crippen LogP contribution in [0.2, 0.25) is 0 Å². The second-order valence-electron chi connectivity index (χ2n) is 8.18. The van der Waals surface area contributed by atoms with Crippen molar-refractivity contribution in [3.63, 3.8) is 0 Å². The number of anilines is 1. The second-order valence-corrected chi connectivity index (χ2v) is 9.10. The second kappa shape index (κ2) is 7.41. The summed E-state index contributed by atoms with van der Waals surface area (Å²) in [5, 5.41) is 4.45. The first-order valence-electron chi connectivity index (χ1n) is 10.5. The van der Waals surface area contributed by atoms with Gasteiger partial charge < -0.3 is 19.2 Å². The normalized spacial score (nSPS) is 21.0. The lowest BCUT2D eigenvalue weighted by Gasteiger charge is -2.44. The van der Waals surface area contributed by atoms with Crippen LogP contribution in [0.3, 0.4) is 0 Å². The monoisotopic (exact) mass is 489 g/mol. The summed E-state index contributed by atoms with van der Waals surface area (Å²) in [6.45, 7) is 0.500. The quantitative estimate of drug-likeness (QED) is 0.356. The van der Waals surface area contributed by atoms with Gasteiger partial charge in [-0.2, -0.15) is 0 Å². The molecule has 2 aliphatic heterocycles. The standard InChI is InChI=1S/C26H20BrNO4/c1-30-20-9-5-8-16-23-18(13-31-25(16)20)21(14-6-3-2-4-7-14)22-17-12-15(27)10-11-19(17)32-26(29)24(22)28-23/h2-12,18,21,23,28H,13H2,1H3/t18-,21-,23+/m0/s1. The fourth-order valence-corrected chi connectivity index (χ4v) is 5.53. The van der Waals surface area contributed by atoms with E-state index in [2.05, 4.69) is 33.4 Å². The van der Waals surface area contributed by atoms with Crippen LogP contribution in [0, 0.1) is 5.92 Å². The molecule has 3 aromatic carbocycles. The average Bonchev–Trinajstić information content (AvgIpc) is 2.83. The molecule has 1 aromatic heterocycles. The highest BCUT2D eigenvalue weighted by Gasteiger charge is 2.45. The first-order chi connectivity index (χ1) is 15.7. The molecule has 0 radical (unpaired) electrons. The van der Waals surface area contributed by atoms with Gasteiger partial charge in [-0.25, -0.2) is 4.79 Å². The smallest absolute Gasteiger partial charge is 0.360 e. The van der Waals surface area contributed by atoms with Crippen LogP contribution < -0.4 is 20.4 Å². The van der Waals surface area contributed by atoms with Gasteiger partial charge in [0.05, 0.1) is 19.8 Å². The van der Waals surface area contributed by atoms with Gasteiger partial charge in [-0.15, -0.1) is 0 Å². The number of para-hydroxylation sites is 1. The largest absolute Gasteiger partial charge is 0.493 e. The third-order valence-electron chi connectivity index (χ3n) is 6.52. The van der Waals surface area contributed by atoms with E-state index in [0.29, 0.717) is 23.6 Å². The number of methoxy groups -OCH3 is 1. The lowest BCUT2D eigenvalue weighted by atomic mass is 9.71. The number of halogens is 1. The van der Waals surface area contributed by atoms with Crippen LogP contribution in [0.25, 0.3) is 11.0 Å². The van der Waals surface area contributed by atoms with Crippen LogP contribution in [0.15, 0.2) is 80.4 Å². The van der Waals surface area contributed by atoms with Crippen molar-refractivity contribution in [1.29, 1.82) is 0 Å². The van der Waals surface area contributed by atoms with Crippen molar-refractivity contribution < 1.29 is 13.9 Å². The molecule has 2 aliphatic rings. The third-order valence-corrected chi connectivity index (χ3v) is 7.01. The molecule has 160 valence electrons. The maximum atomic E-state index is 13.2. The molecular weight excluding hydrogens is 470 g/mol. The van der Waals surface area contributed by atoms with Crippen molar-refractivity contribution >= 4 is 32.6 Å². The predicted molar refractivity (Wildman–Crippen MR) is 127 cm³/mol. The Balaban J connectivity index is 1.65. The van der Waals surface area contributed by atoms with E-state index in [9.17, 15) is 4.79 Å². The lowest BCUT2D eigenvalue weighted by Crippen LogP contribution is -2.40. The van der Waals surface area contributed by atoms with Crippen LogP contribution >= 0.6 is 15.9 Å². The molecule has 0 unspecified atom stereocenters. The molecule has 0 saturated heterocycles. The molecule has 0 fully saturated rings. The summed E-state index contributed by atoms with van der Waals surface area (Å²) in [5.74, 6) is 1.46. The van der Waals surface area contributed by atoms with Gasteiger partial charge in [-0.3, -0.25) is 0 Å². The van der Waals surface area contributed by atoms with Crippen LogP contribution in [0.4, 0.5) is 5.69 Å². The summed E-state index contributed by atoms with van der Waals surface area (Å²) >= 11 is 3.58. The Kier molecular flexibility index (Phi) is 4.50. The van der Waals surface area contributed by atoms with Gasteiger partial charge in [0.15, 0.2) is 11.5 Å². The van der Waals surface area contributed by atoms with Crippen LogP contribution in [-0.2, 0) is 0 Å². The summed E-state index contributed by atoms with van der Waals surface area (Å²) in [7, 11) is 1.64. The Morgan fingerprint density at radius 3 is 2.72 bits per heavy atom. The maximum absolute atomic E-state index is 13.2. The Hall–Kier alpha value is -3.25. The molecule has 6 heteroatoms. The minimum absolute atomic E-state index is 0.0438. The van der Waals surface area contributed by atoms with E-state index in [1.807, 2.05) is 54.6 Å². The van der Waals surface area contributed by atoms with Crippen molar-refractivity contribution in [3.8, 4) is 11.5 Å². The Morgan fingerprint density at radius 2 is 1.91 bits per heavy atom. The molecule has 0 saturated carbocycles. The minimum atomic E-state index is -0.356. The zero-order valence-corrected chi connectivity index (χ0v) is 18.9. The van der Waals surface area contributed by atoms with Crippen LogP contribution in [0.5, 0.6) is 11.5 Å². The highest BCUT2D eigenvalue weighted by atomic mass is 79.9. The average molecular weight is 490 g/mol. The molecule has 3 atom stereocenters. The van der Waals surface area contributed by atoms with Gasteiger partial charge in [0.2, 0.25) is 0 Å². The van der Waals surface area contributed by atoms with Crippen LogP contribution in [-0.4, -0.2) is 13.7 Å². The summed E-state index contributed by atoms with van der Waals surface area (Å²) in [6, 6.07) is 21.9. The first kappa shape index (κ1) is 19.4. The molecule has 5 nitrogen and oxygen atoms in total. The van der Waals surface area contributed by atoms with Crippen molar-refractivity contribution in [2.45, 2.75) is 12.0 Å². The van der Waals surface area contributed by atoms with E-state index in [1.54, 1.807) is 7.11 Å². The molecular formula is C26H20BrNO4. The maximum Gasteiger partial charge on any atom is 0.360 e. The number of rotatable bonds is 2. The molecule has 0 aliphatic carbocycles. The Morgan fingerprint density at radius 1 is 1.06 bits per heavy atom. The van der Waals surface area contributed by atoms with Gasteiger partial charge in [0.1, 0.15) is 11.3 Å². The fourth-order valence-electron chi connectivity index (χ4n) is 5.17. The summed E-state index contributed by atoms with van der Waals surface area (Å²) in [6.07, 6.45) is 0. The van der Waals surface area contributed by atoms with E-state index in [1.165, 1.54) is 0 Å². The number of fused-ring (bicyclic) bond motifs is 6. The topological polar surface area (TPSA) is 60.7 Å². The van der Waals surface area contributed by atoms with Gasteiger partial charge in [-0.1, -0.05) is 58.4 Å². The summed E-state index contributed by atoms with van der Waals surface area (Å²) < 4.78 is 18.5. The highest BCUT2D eigenvalue weighted by Crippen LogP contribution is 2.53. The van der Waals surface area contributed by atoms with Crippen LogP contribution in [0.1, 0.15) is 28.7 Å².